The predicted molar refractivity (Wildman–Crippen MR) is 80.9 cm³/mol. The molecule has 6 heteroatoms. The molecule has 2 aromatic carbocycles. The summed E-state index contributed by atoms with van der Waals surface area (Å²) >= 11 is 0. The zero-order valence-electron chi connectivity index (χ0n) is 12.7. The molecule has 2 rings (SSSR count). The highest BCUT2D eigenvalue weighted by Gasteiger charge is 2.11. The second-order valence-electron chi connectivity index (χ2n) is 5.28. The number of nitrogens with zero attached hydrogens (tertiary/aromatic N) is 1. The Kier molecular flexibility index (Phi) is 5.76. The van der Waals surface area contributed by atoms with Crippen LogP contribution in [0.3, 0.4) is 0 Å². The Morgan fingerprint density at radius 1 is 1.04 bits per heavy atom. The zero-order valence-corrected chi connectivity index (χ0v) is 12.7. The van der Waals surface area contributed by atoms with E-state index in [1.165, 1.54) is 18.2 Å². The first-order valence-corrected chi connectivity index (χ1v) is 7.08. The quantitative estimate of drug-likeness (QED) is 0.887. The molecule has 0 aliphatic rings. The van der Waals surface area contributed by atoms with Crippen LogP contribution in [0.4, 0.5) is 13.2 Å². The van der Waals surface area contributed by atoms with Crippen molar-refractivity contribution in [3.8, 4) is 0 Å². The number of likely N-dealkylation sites (N-methyl/N-ethyl adjacent to an activating group) is 1. The zero-order chi connectivity index (χ0) is 16.8. The SMILES string of the molecule is CN(CC(=O)NCc1ccccc1F)Cc1ccc(F)cc1F. The molecule has 0 atom stereocenters. The van der Waals surface area contributed by atoms with E-state index in [0.29, 0.717) is 11.1 Å². The third kappa shape index (κ3) is 5.10. The summed E-state index contributed by atoms with van der Waals surface area (Å²) in [6.07, 6.45) is 0. The maximum Gasteiger partial charge on any atom is 0.234 e. The van der Waals surface area contributed by atoms with Crippen LogP contribution in [-0.4, -0.2) is 24.4 Å². The fourth-order valence-electron chi connectivity index (χ4n) is 2.13. The lowest BCUT2D eigenvalue weighted by atomic mass is 10.2. The molecule has 0 aromatic heterocycles. The van der Waals surface area contributed by atoms with Gasteiger partial charge in [0.2, 0.25) is 5.91 Å². The van der Waals surface area contributed by atoms with Gasteiger partial charge < -0.3 is 5.32 Å². The molecule has 0 bridgehead atoms. The van der Waals surface area contributed by atoms with Crippen LogP contribution in [0.25, 0.3) is 0 Å². The number of amides is 1. The smallest absolute Gasteiger partial charge is 0.234 e. The van der Waals surface area contributed by atoms with Gasteiger partial charge in [-0.3, -0.25) is 9.69 Å². The van der Waals surface area contributed by atoms with Gasteiger partial charge in [-0.25, -0.2) is 13.2 Å². The lowest BCUT2D eigenvalue weighted by Gasteiger charge is -2.17. The highest BCUT2D eigenvalue weighted by Crippen LogP contribution is 2.11. The minimum atomic E-state index is -0.649. The van der Waals surface area contributed by atoms with E-state index in [1.807, 2.05) is 0 Å². The molecule has 0 fully saturated rings. The van der Waals surface area contributed by atoms with Crippen LogP contribution in [0.15, 0.2) is 42.5 Å². The van der Waals surface area contributed by atoms with Crippen LogP contribution in [-0.2, 0) is 17.9 Å². The molecule has 23 heavy (non-hydrogen) atoms. The Bertz CT molecular complexity index is 691. The fourth-order valence-corrected chi connectivity index (χ4v) is 2.13. The standard InChI is InChI=1S/C17H17F3N2O/c1-22(10-13-6-7-14(18)8-16(13)20)11-17(23)21-9-12-4-2-3-5-15(12)19/h2-8H,9-11H2,1H3,(H,21,23). The number of rotatable bonds is 6. The van der Waals surface area contributed by atoms with Gasteiger partial charge >= 0.3 is 0 Å². The summed E-state index contributed by atoms with van der Waals surface area (Å²) in [4.78, 5) is 13.4. The van der Waals surface area contributed by atoms with Gasteiger partial charge in [0.1, 0.15) is 17.5 Å². The van der Waals surface area contributed by atoms with Gasteiger partial charge in [0, 0.05) is 30.3 Å². The molecule has 0 heterocycles. The Labute approximate surface area is 132 Å². The van der Waals surface area contributed by atoms with Gasteiger partial charge in [0.05, 0.1) is 6.54 Å². The average Bonchev–Trinajstić information content (AvgIpc) is 2.49. The van der Waals surface area contributed by atoms with Crippen molar-refractivity contribution in [2.24, 2.45) is 0 Å². The van der Waals surface area contributed by atoms with Crippen LogP contribution in [0, 0.1) is 17.5 Å². The summed E-state index contributed by atoms with van der Waals surface area (Å²) in [5.41, 5.74) is 0.698. The lowest BCUT2D eigenvalue weighted by Crippen LogP contribution is -2.34. The lowest BCUT2D eigenvalue weighted by molar-refractivity contribution is -0.122. The summed E-state index contributed by atoms with van der Waals surface area (Å²) < 4.78 is 39.8. The van der Waals surface area contributed by atoms with E-state index >= 15 is 0 Å². The Morgan fingerprint density at radius 3 is 2.48 bits per heavy atom. The molecule has 122 valence electrons. The van der Waals surface area contributed by atoms with Gasteiger partial charge in [-0.2, -0.15) is 0 Å². The molecule has 1 amide bonds. The predicted octanol–water partition coefficient (Wildman–Crippen LogP) is 2.85. The Hall–Kier alpha value is -2.34. The van der Waals surface area contributed by atoms with Gasteiger partial charge in [-0.15, -0.1) is 0 Å². The van der Waals surface area contributed by atoms with Crippen molar-refractivity contribution in [2.75, 3.05) is 13.6 Å². The molecule has 1 N–H and O–H groups in total. The number of carbonyl (C=O) groups is 1. The third-order valence-electron chi connectivity index (χ3n) is 3.30. The molecule has 0 radical (unpaired) electrons. The number of benzene rings is 2. The highest BCUT2D eigenvalue weighted by molar-refractivity contribution is 5.77. The van der Waals surface area contributed by atoms with Gasteiger partial charge in [-0.05, 0) is 19.2 Å². The van der Waals surface area contributed by atoms with E-state index in [9.17, 15) is 18.0 Å². The van der Waals surface area contributed by atoms with Gasteiger partial charge in [-0.1, -0.05) is 24.3 Å². The van der Waals surface area contributed by atoms with E-state index < -0.39 is 11.6 Å². The van der Waals surface area contributed by atoms with Crippen LogP contribution in [0.2, 0.25) is 0 Å². The maximum atomic E-state index is 13.6. The second kappa shape index (κ2) is 7.78. The van der Waals surface area contributed by atoms with Crippen molar-refractivity contribution in [3.05, 3.63) is 71.0 Å². The van der Waals surface area contributed by atoms with E-state index in [2.05, 4.69) is 5.32 Å². The normalized spacial score (nSPS) is 10.8. The van der Waals surface area contributed by atoms with Crippen molar-refractivity contribution >= 4 is 5.91 Å². The first-order valence-electron chi connectivity index (χ1n) is 7.08. The summed E-state index contributed by atoms with van der Waals surface area (Å²) in [7, 11) is 1.64. The monoisotopic (exact) mass is 322 g/mol. The molecule has 0 unspecified atom stereocenters. The maximum absolute atomic E-state index is 13.6. The summed E-state index contributed by atoms with van der Waals surface area (Å²) in [5.74, 6) is -1.98. The largest absolute Gasteiger partial charge is 0.351 e. The highest BCUT2D eigenvalue weighted by atomic mass is 19.1. The second-order valence-corrected chi connectivity index (χ2v) is 5.28. The molecule has 3 nitrogen and oxygen atoms in total. The van der Waals surface area contributed by atoms with Crippen molar-refractivity contribution in [3.63, 3.8) is 0 Å². The van der Waals surface area contributed by atoms with E-state index in [-0.39, 0.29) is 31.4 Å². The van der Waals surface area contributed by atoms with E-state index in [4.69, 9.17) is 0 Å². The molecular weight excluding hydrogens is 305 g/mol. The molecular formula is C17H17F3N2O. The summed E-state index contributed by atoms with van der Waals surface area (Å²) in [5, 5.41) is 2.61. The Balaban J connectivity index is 1.84. The van der Waals surface area contributed by atoms with E-state index in [1.54, 1.807) is 30.1 Å². The van der Waals surface area contributed by atoms with Crippen molar-refractivity contribution < 1.29 is 18.0 Å². The van der Waals surface area contributed by atoms with Crippen LogP contribution in [0.1, 0.15) is 11.1 Å². The number of carbonyl (C=O) groups excluding carboxylic acids is 1. The van der Waals surface area contributed by atoms with Crippen molar-refractivity contribution in [2.45, 2.75) is 13.1 Å². The topological polar surface area (TPSA) is 32.3 Å². The Morgan fingerprint density at radius 2 is 1.78 bits per heavy atom. The fraction of sp³-hybridized carbons (Fsp3) is 0.235. The number of hydrogen-bond donors (Lipinski definition) is 1. The number of halogens is 3. The van der Waals surface area contributed by atoms with Gasteiger partial charge in [0.25, 0.3) is 0 Å². The first-order chi connectivity index (χ1) is 11.0. The van der Waals surface area contributed by atoms with Crippen molar-refractivity contribution in [1.82, 2.24) is 10.2 Å². The van der Waals surface area contributed by atoms with Crippen LogP contribution < -0.4 is 5.32 Å². The summed E-state index contributed by atoms with van der Waals surface area (Å²) in [6, 6.07) is 9.50. The molecule has 0 aliphatic carbocycles. The molecule has 2 aromatic rings. The van der Waals surface area contributed by atoms with Crippen LogP contribution in [0.5, 0.6) is 0 Å². The minimum Gasteiger partial charge on any atom is -0.351 e. The third-order valence-corrected chi connectivity index (χ3v) is 3.30. The van der Waals surface area contributed by atoms with Crippen LogP contribution >= 0.6 is 0 Å². The van der Waals surface area contributed by atoms with E-state index in [0.717, 1.165) is 6.07 Å². The number of hydrogen-bond acceptors (Lipinski definition) is 2. The molecule has 0 spiro atoms. The first kappa shape index (κ1) is 17.0. The minimum absolute atomic E-state index is 0.0191. The summed E-state index contributed by atoms with van der Waals surface area (Å²) in [6.45, 7) is 0.273. The number of nitrogens with one attached hydrogen (secondary N) is 1. The average molecular weight is 322 g/mol. The van der Waals surface area contributed by atoms with Gasteiger partial charge in [0.15, 0.2) is 0 Å². The molecule has 0 saturated heterocycles. The van der Waals surface area contributed by atoms with Crippen molar-refractivity contribution in [1.29, 1.82) is 0 Å². The molecule has 0 aliphatic heterocycles. The molecule has 0 saturated carbocycles.